The zero-order valence-corrected chi connectivity index (χ0v) is 9.59. The van der Waals surface area contributed by atoms with Gasteiger partial charge in [-0.15, -0.1) is 0 Å². The lowest BCUT2D eigenvalue weighted by atomic mass is 9.96. The van der Waals surface area contributed by atoms with E-state index in [1.165, 1.54) is 0 Å². The molecular weight excluding hydrogens is 219 g/mol. The molecule has 0 bridgehead atoms. The summed E-state index contributed by atoms with van der Waals surface area (Å²) in [7, 11) is 0. The molecule has 0 atom stereocenters. The predicted octanol–water partition coefficient (Wildman–Crippen LogP) is 1.98. The Bertz CT molecular complexity index is 253. The highest BCUT2D eigenvalue weighted by Crippen LogP contribution is 2.33. The van der Waals surface area contributed by atoms with Crippen molar-refractivity contribution in [2.45, 2.75) is 38.9 Å². The van der Waals surface area contributed by atoms with Gasteiger partial charge in [0, 0.05) is 19.1 Å². The fourth-order valence-corrected chi connectivity index (χ4v) is 1.78. The van der Waals surface area contributed by atoms with Gasteiger partial charge in [-0.25, -0.2) is 0 Å². The van der Waals surface area contributed by atoms with Crippen LogP contribution in [0.25, 0.3) is 0 Å². The van der Waals surface area contributed by atoms with Crippen LogP contribution in [0, 0.1) is 5.92 Å². The number of hydrogen-bond acceptors (Lipinski definition) is 1. The van der Waals surface area contributed by atoms with Crippen LogP contribution in [0.4, 0.5) is 13.2 Å². The highest BCUT2D eigenvalue weighted by atomic mass is 19.4. The number of nitrogens with two attached hydrogens (primary N) is 1. The van der Waals surface area contributed by atoms with Crippen LogP contribution in [0.5, 0.6) is 0 Å². The van der Waals surface area contributed by atoms with E-state index in [2.05, 4.69) is 4.99 Å². The number of guanidine groups is 1. The molecule has 1 fully saturated rings. The molecule has 0 aromatic heterocycles. The third-order valence-electron chi connectivity index (χ3n) is 2.67. The summed E-state index contributed by atoms with van der Waals surface area (Å²) >= 11 is 0. The molecule has 94 valence electrons. The second-order valence-corrected chi connectivity index (χ2v) is 4.38. The Kier molecular flexibility index (Phi) is 4.04. The minimum absolute atomic E-state index is 0.0698. The highest BCUT2D eigenvalue weighted by molar-refractivity contribution is 5.78. The molecule has 0 radical (unpaired) electrons. The van der Waals surface area contributed by atoms with Crippen molar-refractivity contribution in [3.63, 3.8) is 0 Å². The number of alkyl halides is 3. The first kappa shape index (κ1) is 13.1. The number of likely N-dealkylation sites (tertiary alicyclic amines) is 1. The Hall–Kier alpha value is -0.940. The lowest BCUT2D eigenvalue weighted by Gasteiger charge is -2.33. The Balaban J connectivity index is 2.49. The van der Waals surface area contributed by atoms with Crippen LogP contribution in [0.2, 0.25) is 0 Å². The largest absolute Gasteiger partial charge is 0.391 e. The van der Waals surface area contributed by atoms with Gasteiger partial charge in [0.05, 0.1) is 5.92 Å². The van der Waals surface area contributed by atoms with Crippen molar-refractivity contribution >= 4 is 5.96 Å². The average Bonchev–Trinajstić information content (AvgIpc) is 2.15. The molecule has 0 aromatic carbocycles. The zero-order chi connectivity index (χ0) is 12.3. The second kappa shape index (κ2) is 4.93. The number of hydrogen-bond donors (Lipinski definition) is 1. The molecule has 1 aliphatic rings. The SMILES string of the molecule is CC(C)N=C(N)N1CCC(C(F)(F)F)CC1. The standard InChI is InChI=1S/C10H18F3N3/c1-7(2)15-9(14)16-5-3-8(4-6-16)10(11,12)13/h7-8H,3-6H2,1-2H3,(H2,14,15). The number of piperidine rings is 1. The Morgan fingerprint density at radius 1 is 1.31 bits per heavy atom. The summed E-state index contributed by atoms with van der Waals surface area (Å²) in [6, 6.07) is 0.0698. The normalized spacial score (nSPS) is 20.6. The molecular formula is C10H18F3N3. The topological polar surface area (TPSA) is 41.6 Å². The van der Waals surface area contributed by atoms with E-state index in [1.807, 2.05) is 13.8 Å². The molecule has 6 heteroatoms. The third kappa shape index (κ3) is 3.57. The van der Waals surface area contributed by atoms with Gasteiger partial charge in [0.1, 0.15) is 0 Å². The van der Waals surface area contributed by atoms with E-state index in [1.54, 1.807) is 4.90 Å². The van der Waals surface area contributed by atoms with Gasteiger partial charge in [0.15, 0.2) is 5.96 Å². The van der Waals surface area contributed by atoms with Crippen LogP contribution in [-0.2, 0) is 0 Å². The monoisotopic (exact) mass is 237 g/mol. The molecule has 0 spiro atoms. The molecule has 1 heterocycles. The highest BCUT2D eigenvalue weighted by Gasteiger charge is 2.41. The van der Waals surface area contributed by atoms with Crippen LogP contribution in [0.3, 0.4) is 0 Å². The molecule has 1 rings (SSSR count). The molecule has 0 aromatic rings. The third-order valence-corrected chi connectivity index (χ3v) is 2.67. The molecule has 0 amide bonds. The second-order valence-electron chi connectivity index (χ2n) is 4.38. The first-order valence-electron chi connectivity index (χ1n) is 5.45. The Morgan fingerprint density at radius 3 is 2.19 bits per heavy atom. The molecule has 16 heavy (non-hydrogen) atoms. The zero-order valence-electron chi connectivity index (χ0n) is 9.59. The average molecular weight is 237 g/mol. The maximum atomic E-state index is 12.4. The fourth-order valence-electron chi connectivity index (χ4n) is 1.78. The van der Waals surface area contributed by atoms with Crippen molar-refractivity contribution in [2.75, 3.05) is 13.1 Å². The summed E-state index contributed by atoms with van der Waals surface area (Å²) in [5, 5.41) is 0. The lowest BCUT2D eigenvalue weighted by molar-refractivity contribution is -0.183. The summed E-state index contributed by atoms with van der Waals surface area (Å²) in [5.41, 5.74) is 5.70. The van der Waals surface area contributed by atoms with Crippen LogP contribution >= 0.6 is 0 Å². The number of aliphatic imine (C=N–C) groups is 1. The summed E-state index contributed by atoms with van der Waals surface area (Å²) < 4.78 is 37.2. The van der Waals surface area contributed by atoms with E-state index in [9.17, 15) is 13.2 Å². The van der Waals surface area contributed by atoms with Crippen molar-refractivity contribution < 1.29 is 13.2 Å². The van der Waals surface area contributed by atoms with Crippen molar-refractivity contribution in [1.82, 2.24) is 4.90 Å². The van der Waals surface area contributed by atoms with Gasteiger partial charge in [-0.2, -0.15) is 13.2 Å². The Morgan fingerprint density at radius 2 is 1.81 bits per heavy atom. The van der Waals surface area contributed by atoms with Gasteiger partial charge in [-0.3, -0.25) is 4.99 Å². The van der Waals surface area contributed by atoms with E-state index >= 15 is 0 Å². The van der Waals surface area contributed by atoms with Gasteiger partial charge < -0.3 is 10.6 Å². The molecule has 1 aliphatic heterocycles. The quantitative estimate of drug-likeness (QED) is 0.559. The number of rotatable bonds is 1. The van der Waals surface area contributed by atoms with E-state index in [0.717, 1.165) is 0 Å². The van der Waals surface area contributed by atoms with Crippen LogP contribution in [0.1, 0.15) is 26.7 Å². The smallest absolute Gasteiger partial charge is 0.370 e. The molecule has 1 saturated heterocycles. The van der Waals surface area contributed by atoms with Gasteiger partial charge in [-0.05, 0) is 26.7 Å². The maximum Gasteiger partial charge on any atom is 0.391 e. The van der Waals surface area contributed by atoms with Crippen molar-refractivity contribution in [3.8, 4) is 0 Å². The molecule has 0 aliphatic carbocycles. The first-order valence-corrected chi connectivity index (χ1v) is 5.45. The molecule has 0 saturated carbocycles. The molecule has 0 unspecified atom stereocenters. The summed E-state index contributed by atoms with van der Waals surface area (Å²) in [6.07, 6.45) is -3.86. The van der Waals surface area contributed by atoms with E-state index in [-0.39, 0.29) is 18.9 Å². The minimum atomic E-state index is -4.07. The Labute approximate surface area is 93.5 Å². The van der Waals surface area contributed by atoms with Gasteiger partial charge in [0.25, 0.3) is 0 Å². The fraction of sp³-hybridized carbons (Fsp3) is 0.900. The van der Waals surface area contributed by atoms with Crippen molar-refractivity contribution in [3.05, 3.63) is 0 Å². The van der Waals surface area contributed by atoms with Crippen molar-refractivity contribution in [1.29, 1.82) is 0 Å². The van der Waals surface area contributed by atoms with Gasteiger partial charge >= 0.3 is 6.18 Å². The molecule has 2 N–H and O–H groups in total. The first-order chi connectivity index (χ1) is 7.30. The number of nitrogens with zero attached hydrogens (tertiary/aromatic N) is 2. The summed E-state index contributed by atoms with van der Waals surface area (Å²) in [4.78, 5) is 5.85. The van der Waals surface area contributed by atoms with Gasteiger partial charge in [-0.1, -0.05) is 0 Å². The van der Waals surface area contributed by atoms with Crippen LogP contribution in [0.15, 0.2) is 4.99 Å². The van der Waals surface area contributed by atoms with Crippen LogP contribution in [-0.4, -0.2) is 36.2 Å². The van der Waals surface area contributed by atoms with Gasteiger partial charge in [0.2, 0.25) is 0 Å². The lowest BCUT2D eigenvalue weighted by Crippen LogP contribution is -2.45. The van der Waals surface area contributed by atoms with Crippen molar-refractivity contribution in [2.24, 2.45) is 16.6 Å². The van der Waals surface area contributed by atoms with E-state index < -0.39 is 12.1 Å². The predicted molar refractivity (Wildman–Crippen MR) is 57.1 cm³/mol. The molecule has 3 nitrogen and oxygen atoms in total. The maximum absolute atomic E-state index is 12.4. The van der Waals surface area contributed by atoms with E-state index in [4.69, 9.17) is 5.73 Å². The number of halogens is 3. The van der Waals surface area contributed by atoms with E-state index in [0.29, 0.717) is 19.0 Å². The minimum Gasteiger partial charge on any atom is -0.370 e. The van der Waals surface area contributed by atoms with Crippen LogP contribution < -0.4 is 5.73 Å². The summed E-state index contributed by atoms with van der Waals surface area (Å²) in [6.45, 7) is 4.45. The summed E-state index contributed by atoms with van der Waals surface area (Å²) in [5.74, 6) is -0.828.